The van der Waals surface area contributed by atoms with Crippen LogP contribution in [0.2, 0.25) is 0 Å². The van der Waals surface area contributed by atoms with E-state index in [-0.39, 0.29) is 45.6 Å². The van der Waals surface area contributed by atoms with Crippen molar-refractivity contribution in [2.75, 3.05) is 23.8 Å². The zero-order chi connectivity index (χ0) is 31.0. The maximum atomic E-state index is 14.1. The third-order valence-corrected chi connectivity index (χ3v) is 8.27. The number of nitrogens with zero attached hydrogens (tertiary/aromatic N) is 2. The Labute approximate surface area is 244 Å². The number of fused-ring (bicyclic) bond motifs is 1. The van der Waals surface area contributed by atoms with E-state index in [4.69, 9.17) is 0 Å². The van der Waals surface area contributed by atoms with Crippen molar-refractivity contribution in [1.82, 2.24) is 4.72 Å². The number of anilines is 2. The summed E-state index contributed by atoms with van der Waals surface area (Å²) >= 11 is 0. The summed E-state index contributed by atoms with van der Waals surface area (Å²) in [4.78, 5) is 19.1. The molecular formula is C31H35F3N4O3S. The maximum absolute atomic E-state index is 14.1. The van der Waals surface area contributed by atoms with Gasteiger partial charge in [-0.05, 0) is 62.1 Å². The molecule has 3 aromatic rings. The second kappa shape index (κ2) is 11.5. The highest BCUT2D eigenvalue weighted by atomic mass is 32.2. The number of aliphatic imine (C=N–C) groups is 1. The number of amides is 1. The van der Waals surface area contributed by atoms with Crippen molar-refractivity contribution in [3.05, 3.63) is 71.8 Å². The van der Waals surface area contributed by atoms with Crippen LogP contribution in [0, 0.1) is 5.92 Å². The van der Waals surface area contributed by atoms with Gasteiger partial charge in [-0.1, -0.05) is 50.2 Å². The molecule has 0 saturated carbocycles. The molecule has 7 nitrogen and oxygen atoms in total. The van der Waals surface area contributed by atoms with Gasteiger partial charge in [-0.25, -0.2) is 18.1 Å². The molecule has 3 aromatic carbocycles. The fourth-order valence-corrected chi connectivity index (χ4v) is 6.53. The zero-order valence-corrected chi connectivity index (χ0v) is 25.2. The Kier molecular flexibility index (Phi) is 8.57. The van der Waals surface area contributed by atoms with E-state index < -0.39 is 33.2 Å². The molecule has 0 fully saturated rings. The fourth-order valence-electron chi connectivity index (χ4n) is 4.90. The molecule has 1 aliphatic rings. The highest BCUT2D eigenvalue weighted by Crippen LogP contribution is 2.43. The van der Waals surface area contributed by atoms with E-state index in [0.717, 1.165) is 11.6 Å². The van der Waals surface area contributed by atoms with Gasteiger partial charge in [-0.15, -0.1) is 0 Å². The van der Waals surface area contributed by atoms with Crippen LogP contribution in [-0.4, -0.2) is 39.2 Å². The van der Waals surface area contributed by atoms with E-state index in [2.05, 4.69) is 15.0 Å². The van der Waals surface area contributed by atoms with Crippen molar-refractivity contribution in [2.24, 2.45) is 10.9 Å². The summed E-state index contributed by atoms with van der Waals surface area (Å²) in [5.41, 5.74) is 0.0424. The van der Waals surface area contributed by atoms with Crippen LogP contribution in [0.1, 0.15) is 52.2 Å². The highest BCUT2D eigenvalue weighted by Gasteiger charge is 2.37. The van der Waals surface area contributed by atoms with Crippen molar-refractivity contribution in [3.8, 4) is 11.1 Å². The Balaban J connectivity index is 1.98. The van der Waals surface area contributed by atoms with Crippen LogP contribution in [0.3, 0.4) is 0 Å². The van der Waals surface area contributed by atoms with Gasteiger partial charge in [0.05, 0.1) is 39.7 Å². The zero-order valence-electron chi connectivity index (χ0n) is 24.4. The highest BCUT2D eigenvalue weighted by molar-refractivity contribution is 7.89. The summed E-state index contributed by atoms with van der Waals surface area (Å²) in [6, 6.07) is 16.3. The summed E-state index contributed by atoms with van der Waals surface area (Å²) in [5.74, 6) is -0.529. The minimum absolute atomic E-state index is 0.0810. The summed E-state index contributed by atoms with van der Waals surface area (Å²) in [6.07, 6.45) is -5.02. The monoisotopic (exact) mass is 600 g/mol. The van der Waals surface area contributed by atoms with Gasteiger partial charge in [0.15, 0.2) is 0 Å². The first kappa shape index (κ1) is 31.2. The molecule has 1 aliphatic heterocycles. The van der Waals surface area contributed by atoms with Crippen LogP contribution < -0.4 is 14.9 Å². The first-order chi connectivity index (χ1) is 19.4. The van der Waals surface area contributed by atoms with Crippen LogP contribution in [-0.2, 0) is 21.0 Å². The molecule has 4 rings (SSSR count). The lowest BCUT2D eigenvalue weighted by atomic mass is 9.99. The second-order valence-electron chi connectivity index (χ2n) is 11.9. The van der Waals surface area contributed by atoms with Crippen LogP contribution in [0.25, 0.3) is 11.1 Å². The van der Waals surface area contributed by atoms with Crippen molar-refractivity contribution in [3.63, 3.8) is 0 Å². The maximum Gasteiger partial charge on any atom is 0.418 e. The molecule has 0 bridgehead atoms. The topological polar surface area (TPSA) is 90.9 Å². The van der Waals surface area contributed by atoms with E-state index >= 15 is 0 Å². The van der Waals surface area contributed by atoms with Gasteiger partial charge in [-0.3, -0.25) is 4.79 Å². The summed E-state index contributed by atoms with van der Waals surface area (Å²) in [6.45, 7) is 9.29. The summed E-state index contributed by atoms with van der Waals surface area (Å²) in [5, 5.41) is 2.55. The van der Waals surface area contributed by atoms with Gasteiger partial charge in [0, 0.05) is 24.7 Å². The SMILES string of the molecule is CC(C)CN(C)c1cc2c(cc1C(F)(F)F)NC(=O)CC(c1cc(-c3ccccc3)ccc1S(=O)(=O)NC(C)(C)C)=N2. The van der Waals surface area contributed by atoms with Crippen molar-refractivity contribution < 1.29 is 26.4 Å². The molecule has 1 heterocycles. The number of benzene rings is 3. The number of sulfonamides is 1. The molecule has 0 radical (unpaired) electrons. The van der Waals surface area contributed by atoms with Crippen LogP contribution >= 0.6 is 0 Å². The molecule has 1 amide bonds. The molecule has 0 aliphatic carbocycles. The predicted molar refractivity (Wildman–Crippen MR) is 161 cm³/mol. The summed E-state index contributed by atoms with van der Waals surface area (Å²) < 4.78 is 72.2. The molecule has 2 N–H and O–H groups in total. The molecule has 0 saturated heterocycles. The summed E-state index contributed by atoms with van der Waals surface area (Å²) in [7, 11) is -2.51. The molecule has 11 heteroatoms. The quantitative estimate of drug-likeness (QED) is 0.305. The van der Waals surface area contributed by atoms with E-state index in [1.807, 2.05) is 44.2 Å². The molecule has 0 spiro atoms. The average Bonchev–Trinajstić information content (AvgIpc) is 3.03. The lowest BCUT2D eigenvalue weighted by Gasteiger charge is -2.26. The number of nitrogens with one attached hydrogen (secondary N) is 2. The molecule has 0 unspecified atom stereocenters. The van der Waals surface area contributed by atoms with Gasteiger partial charge in [-0.2, -0.15) is 13.2 Å². The molecule has 224 valence electrons. The largest absolute Gasteiger partial charge is 0.418 e. The lowest BCUT2D eigenvalue weighted by molar-refractivity contribution is -0.137. The minimum atomic E-state index is -4.68. The van der Waals surface area contributed by atoms with Gasteiger partial charge in [0.25, 0.3) is 0 Å². The van der Waals surface area contributed by atoms with Crippen LogP contribution in [0.5, 0.6) is 0 Å². The number of alkyl halides is 3. The third-order valence-electron chi connectivity index (χ3n) is 6.45. The number of hydrogen-bond donors (Lipinski definition) is 2. The first-order valence-electron chi connectivity index (χ1n) is 13.5. The van der Waals surface area contributed by atoms with Gasteiger partial charge >= 0.3 is 6.18 Å². The van der Waals surface area contributed by atoms with Gasteiger partial charge in [0.1, 0.15) is 0 Å². The number of hydrogen-bond acceptors (Lipinski definition) is 5. The van der Waals surface area contributed by atoms with Crippen molar-refractivity contribution >= 4 is 38.7 Å². The normalized spacial score (nSPS) is 14.2. The second-order valence-corrected chi connectivity index (χ2v) is 13.5. The van der Waals surface area contributed by atoms with Crippen LogP contribution in [0.4, 0.5) is 30.2 Å². The van der Waals surface area contributed by atoms with Crippen LogP contribution in [0.15, 0.2) is 70.6 Å². The molecule has 42 heavy (non-hydrogen) atoms. The fraction of sp³-hybridized carbons (Fsp3) is 0.355. The van der Waals surface area contributed by atoms with E-state index in [1.54, 1.807) is 40.0 Å². The first-order valence-corrected chi connectivity index (χ1v) is 15.0. The molecular weight excluding hydrogens is 565 g/mol. The lowest BCUT2D eigenvalue weighted by Crippen LogP contribution is -2.41. The Hall–Kier alpha value is -3.70. The third kappa shape index (κ3) is 7.19. The number of rotatable bonds is 7. The van der Waals surface area contributed by atoms with E-state index in [0.29, 0.717) is 12.1 Å². The molecule has 0 atom stereocenters. The smallest absolute Gasteiger partial charge is 0.374 e. The van der Waals surface area contributed by atoms with E-state index in [9.17, 15) is 26.4 Å². The standard InChI is InChI=1S/C31H35F3N4O3S/c1-19(2)18-38(6)27-16-26-25(15-23(27)31(32,33)34)36-29(39)17-24(35-26)22-14-21(20-10-8-7-9-11-20)12-13-28(22)42(40,41)37-30(3,4)5/h7-16,19,37H,17-18H2,1-6H3,(H,36,39). The van der Waals surface area contributed by atoms with E-state index in [1.165, 1.54) is 17.0 Å². The Morgan fingerprint density at radius 3 is 2.26 bits per heavy atom. The van der Waals surface area contributed by atoms with Crippen molar-refractivity contribution in [1.29, 1.82) is 0 Å². The van der Waals surface area contributed by atoms with Gasteiger partial charge < -0.3 is 10.2 Å². The Morgan fingerprint density at radius 2 is 1.67 bits per heavy atom. The number of halogens is 3. The number of carbonyl (C=O) groups is 1. The Morgan fingerprint density at radius 1 is 1.00 bits per heavy atom. The Bertz CT molecular complexity index is 1630. The average molecular weight is 601 g/mol. The number of carbonyl (C=O) groups excluding carboxylic acids is 1. The predicted octanol–water partition coefficient (Wildman–Crippen LogP) is 7.00. The molecule has 0 aromatic heterocycles. The minimum Gasteiger partial charge on any atom is -0.374 e. The van der Waals surface area contributed by atoms with Crippen molar-refractivity contribution in [2.45, 2.75) is 57.7 Å². The van der Waals surface area contributed by atoms with Gasteiger partial charge in [0.2, 0.25) is 15.9 Å².